The summed E-state index contributed by atoms with van der Waals surface area (Å²) in [5.74, 6) is -0.466. The number of hydrogen-bond donors (Lipinski definition) is 2. The number of nitrogens with one attached hydrogen (secondary N) is 1. The Kier molecular flexibility index (Phi) is 6.31. The van der Waals surface area contributed by atoms with Crippen molar-refractivity contribution < 1.29 is 18.3 Å². The second-order valence-corrected chi connectivity index (χ2v) is 8.70. The molecule has 1 atom stereocenters. The number of thiophene rings is 1. The summed E-state index contributed by atoms with van der Waals surface area (Å²) in [6, 6.07) is 1.01. The van der Waals surface area contributed by atoms with Crippen molar-refractivity contribution in [1.82, 2.24) is 4.72 Å². The maximum absolute atomic E-state index is 12.2. The first kappa shape index (κ1) is 17.0. The second-order valence-electron chi connectivity index (χ2n) is 3.74. The van der Waals surface area contributed by atoms with Crippen molar-refractivity contribution in [1.29, 1.82) is 0 Å². The number of sulfonamides is 1. The van der Waals surface area contributed by atoms with E-state index in [1.54, 1.807) is 11.8 Å². The molecule has 1 rings (SSSR count). The van der Waals surface area contributed by atoms with Crippen LogP contribution in [-0.4, -0.2) is 37.5 Å². The van der Waals surface area contributed by atoms with Crippen molar-refractivity contribution in [3.63, 3.8) is 0 Å². The highest BCUT2D eigenvalue weighted by molar-refractivity contribution is 9.11. The van der Waals surface area contributed by atoms with E-state index in [-0.39, 0.29) is 15.8 Å². The summed E-state index contributed by atoms with van der Waals surface area (Å²) < 4.78 is 27.3. The molecule has 1 aromatic rings. The molecule has 1 heterocycles. The molecule has 0 aliphatic rings. The normalized spacial score (nSPS) is 13.4. The van der Waals surface area contributed by atoms with Crippen LogP contribution in [0.1, 0.15) is 23.0 Å². The molecule has 0 saturated heterocycles. The Morgan fingerprint density at radius 2 is 2.26 bits per heavy atom. The zero-order valence-electron chi connectivity index (χ0n) is 10.3. The van der Waals surface area contributed by atoms with Crippen LogP contribution in [0.3, 0.4) is 0 Å². The van der Waals surface area contributed by atoms with Gasteiger partial charge in [-0.05, 0) is 34.7 Å². The average molecular weight is 388 g/mol. The molecule has 0 radical (unpaired) electrons. The SMILES string of the molecule is CCC(CSC)NS(=O)(=O)c1cc(C(=O)O)sc1Br. The summed E-state index contributed by atoms with van der Waals surface area (Å²) >= 11 is 5.55. The lowest BCUT2D eigenvalue weighted by Gasteiger charge is -2.15. The van der Waals surface area contributed by atoms with E-state index in [9.17, 15) is 13.2 Å². The fourth-order valence-corrected chi connectivity index (χ4v) is 5.91. The van der Waals surface area contributed by atoms with Gasteiger partial charge < -0.3 is 5.11 Å². The van der Waals surface area contributed by atoms with E-state index >= 15 is 0 Å². The van der Waals surface area contributed by atoms with E-state index in [4.69, 9.17) is 5.11 Å². The van der Waals surface area contributed by atoms with E-state index < -0.39 is 16.0 Å². The molecule has 0 aliphatic heterocycles. The molecule has 9 heteroatoms. The van der Waals surface area contributed by atoms with Crippen LogP contribution in [0.15, 0.2) is 14.7 Å². The molecular weight excluding hydrogens is 374 g/mol. The van der Waals surface area contributed by atoms with Crippen molar-refractivity contribution >= 4 is 55.0 Å². The summed E-state index contributed by atoms with van der Waals surface area (Å²) in [4.78, 5) is 10.8. The van der Waals surface area contributed by atoms with Gasteiger partial charge in [-0.3, -0.25) is 0 Å². The van der Waals surface area contributed by atoms with Crippen LogP contribution in [0.4, 0.5) is 0 Å². The largest absolute Gasteiger partial charge is 0.477 e. The molecule has 0 fully saturated rings. The third-order valence-corrected chi connectivity index (χ3v) is 6.83. The monoisotopic (exact) mass is 387 g/mol. The zero-order valence-corrected chi connectivity index (χ0v) is 14.4. The number of thioether (sulfide) groups is 1. The maximum Gasteiger partial charge on any atom is 0.345 e. The number of carboxylic acid groups (broad SMARTS) is 1. The van der Waals surface area contributed by atoms with Gasteiger partial charge in [-0.15, -0.1) is 11.3 Å². The fourth-order valence-electron chi connectivity index (χ4n) is 1.36. The van der Waals surface area contributed by atoms with Gasteiger partial charge >= 0.3 is 5.97 Å². The maximum atomic E-state index is 12.2. The molecule has 19 heavy (non-hydrogen) atoms. The Morgan fingerprint density at radius 1 is 1.63 bits per heavy atom. The number of halogens is 1. The molecule has 1 aromatic heterocycles. The number of carbonyl (C=O) groups is 1. The van der Waals surface area contributed by atoms with Gasteiger partial charge in [0.05, 0.1) is 3.79 Å². The van der Waals surface area contributed by atoms with E-state index in [2.05, 4.69) is 20.7 Å². The second kappa shape index (κ2) is 7.07. The van der Waals surface area contributed by atoms with E-state index in [1.165, 1.54) is 6.07 Å². The van der Waals surface area contributed by atoms with E-state index in [0.717, 1.165) is 11.3 Å². The fraction of sp³-hybridized carbons (Fsp3) is 0.500. The molecule has 0 aliphatic carbocycles. The first-order valence-electron chi connectivity index (χ1n) is 5.35. The molecule has 0 saturated carbocycles. The van der Waals surface area contributed by atoms with Crippen molar-refractivity contribution in [3.8, 4) is 0 Å². The Labute approximate surface area is 129 Å². The van der Waals surface area contributed by atoms with Gasteiger partial charge in [0, 0.05) is 11.8 Å². The average Bonchev–Trinajstić information content (AvgIpc) is 2.71. The molecule has 108 valence electrons. The van der Waals surface area contributed by atoms with Crippen molar-refractivity contribution in [3.05, 3.63) is 14.7 Å². The summed E-state index contributed by atoms with van der Waals surface area (Å²) in [5, 5.41) is 8.87. The summed E-state index contributed by atoms with van der Waals surface area (Å²) in [5.41, 5.74) is 0. The molecule has 0 spiro atoms. The first-order chi connectivity index (χ1) is 8.81. The molecule has 0 bridgehead atoms. The lowest BCUT2D eigenvalue weighted by molar-refractivity contribution is 0.0702. The minimum atomic E-state index is -3.70. The third-order valence-electron chi connectivity index (χ3n) is 2.34. The minimum Gasteiger partial charge on any atom is -0.477 e. The highest BCUT2D eigenvalue weighted by Crippen LogP contribution is 2.31. The number of carboxylic acids is 1. The van der Waals surface area contributed by atoms with Gasteiger partial charge in [-0.1, -0.05) is 6.92 Å². The third kappa shape index (κ3) is 4.45. The van der Waals surface area contributed by atoms with Crippen molar-refractivity contribution in [2.24, 2.45) is 0 Å². The van der Waals surface area contributed by atoms with Crippen LogP contribution in [-0.2, 0) is 10.0 Å². The Hall–Kier alpha value is -0.0900. The van der Waals surface area contributed by atoms with Crippen LogP contribution in [0, 0.1) is 0 Å². The van der Waals surface area contributed by atoms with Gasteiger partial charge in [0.2, 0.25) is 10.0 Å². The number of rotatable bonds is 7. The van der Waals surface area contributed by atoms with Crippen molar-refractivity contribution in [2.75, 3.05) is 12.0 Å². The van der Waals surface area contributed by atoms with Gasteiger partial charge in [-0.25, -0.2) is 17.9 Å². The molecule has 5 nitrogen and oxygen atoms in total. The summed E-state index contributed by atoms with van der Waals surface area (Å²) in [6.45, 7) is 1.90. The van der Waals surface area contributed by atoms with E-state index in [1.807, 2.05) is 13.2 Å². The van der Waals surface area contributed by atoms with Crippen LogP contribution in [0.5, 0.6) is 0 Å². The highest BCUT2D eigenvalue weighted by Gasteiger charge is 2.25. The van der Waals surface area contributed by atoms with Crippen LogP contribution in [0.2, 0.25) is 0 Å². The molecule has 0 amide bonds. The summed E-state index contributed by atoms with van der Waals surface area (Å²) in [6.07, 6.45) is 2.58. The molecule has 2 N–H and O–H groups in total. The van der Waals surface area contributed by atoms with Gasteiger partial charge in [-0.2, -0.15) is 11.8 Å². The topological polar surface area (TPSA) is 83.5 Å². The lowest BCUT2D eigenvalue weighted by Crippen LogP contribution is -2.36. The highest BCUT2D eigenvalue weighted by atomic mass is 79.9. The summed E-state index contributed by atoms with van der Waals surface area (Å²) in [7, 11) is -3.70. The van der Waals surface area contributed by atoms with Crippen LogP contribution in [0.25, 0.3) is 0 Å². The Bertz CT molecular complexity index is 555. The Morgan fingerprint density at radius 3 is 2.68 bits per heavy atom. The molecule has 0 aromatic carbocycles. The molecular formula is C10H14BrNO4S3. The van der Waals surface area contributed by atoms with E-state index in [0.29, 0.717) is 16.0 Å². The van der Waals surface area contributed by atoms with Crippen LogP contribution >= 0.6 is 39.0 Å². The van der Waals surface area contributed by atoms with Gasteiger partial charge in [0.25, 0.3) is 0 Å². The van der Waals surface area contributed by atoms with Crippen LogP contribution < -0.4 is 4.72 Å². The van der Waals surface area contributed by atoms with Gasteiger partial charge in [0.1, 0.15) is 9.77 Å². The Balaban J connectivity index is 3.03. The zero-order chi connectivity index (χ0) is 14.6. The lowest BCUT2D eigenvalue weighted by atomic mass is 10.3. The minimum absolute atomic E-state index is 0.00911. The van der Waals surface area contributed by atoms with Gasteiger partial charge in [0.15, 0.2) is 0 Å². The number of hydrogen-bond acceptors (Lipinski definition) is 5. The first-order valence-corrected chi connectivity index (χ1v) is 9.84. The predicted octanol–water partition coefficient (Wildman–Crippen LogP) is 2.63. The quantitative estimate of drug-likeness (QED) is 0.750. The predicted molar refractivity (Wildman–Crippen MR) is 81.8 cm³/mol. The smallest absolute Gasteiger partial charge is 0.345 e. The standard InChI is InChI=1S/C10H14BrNO4S3/c1-3-6(5-17-2)12-19(15,16)8-4-7(10(13)14)18-9(8)11/h4,6,12H,3,5H2,1-2H3,(H,13,14). The van der Waals surface area contributed by atoms with Crippen molar-refractivity contribution in [2.45, 2.75) is 24.3 Å². The number of aromatic carboxylic acids is 1. The molecule has 1 unspecified atom stereocenters.